The minimum atomic E-state index is -3.23. The molecular formula is C17H14ClF3N6O3. The van der Waals surface area contributed by atoms with E-state index in [9.17, 15) is 22.8 Å². The summed E-state index contributed by atoms with van der Waals surface area (Å²) in [5, 5.41) is 9.37. The number of hydrazone groups is 1. The normalized spacial score (nSPS) is 13.0. The van der Waals surface area contributed by atoms with Crippen molar-refractivity contribution < 1.29 is 27.5 Å². The Morgan fingerprint density at radius 1 is 1.13 bits per heavy atom. The van der Waals surface area contributed by atoms with E-state index in [1.165, 1.54) is 23.2 Å². The van der Waals surface area contributed by atoms with Crippen LogP contribution in [0.3, 0.4) is 0 Å². The predicted octanol–water partition coefficient (Wildman–Crippen LogP) is 2.29. The second kappa shape index (κ2) is 8.88. The molecule has 4 N–H and O–H groups in total. The highest BCUT2D eigenvalue weighted by Crippen LogP contribution is 2.36. The van der Waals surface area contributed by atoms with Gasteiger partial charge >= 0.3 is 6.61 Å². The molecule has 0 radical (unpaired) electrons. The van der Waals surface area contributed by atoms with Gasteiger partial charge in [0, 0.05) is 7.05 Å². The minimum absolute atomic E-state index is 0.0981. The van der Waals surface area contributed by atoms with E-state index in [1.807, 2.05) is 0 Å². The van der Waals surface area contributed by atoms with Crippen LogP contribution in [-0.4, -0.2) is 36.4 Å². The summed E-state index contributed by atoms with van der Waals surface area (Å²) >= 11 is 6.21. The van der Waals surface area contributed by atoms with E-state index in [4.69, 9.17) is 11.6 Å². The molecule has 0 aromatic heterocycles. The Morgan fingerprint density at radius 3 is 2.47 bits per heavy atom. The maximum Gasteiger partial charge on any atom is 0.387 e. The van der Waals surface area contributed by atoms with Gasteiger partial charge in [0.1, 0.15) is 11.5 Å². The molecule has 0 atom stereocenters. The van der Waals surface area contributed by atoms with Crippen molar-refractivity contribution in [2.24, 2.45) is 5.10 Å². The van der Waals surface area contributed by atoms with E-state index in [-0.39, 0.29) is 17.1 Å². The van der Waals surface area contributed by atoms with Crippen LogP contribution in [0.5, 0.6) is 5.75 Å². The molecule has 158 valence electrons. The fourth-order valence-corrected chi connectivity index (χ4v) is 2.72. The summed E-state index contributed by atoms with van der Waals surface area (Å²) in [4.78, 5) is 25.0. The van der Waals surface area contributed by atoms with Crippen LogP contribution in [0.1, 0.15) is 20.7 Å². The number of carbonyl (C=O) groups excluding carboxylic acids is 2. The van der Waals surface area contributed by atoms with Crippen molar-refractivity contribution in [1.82, 2.24) is 21.4 Å². The predicted molar refractivity (Wildman–Crippen MR) is 101 cm³/mol. The molecule has 0 spiro atoms. The van der Waals surface area contributed by atoms with Gasteiger partial charge in [-0.1, -0.05) is 23.7 Å². The summed E-state index contributed by atoms with van der Waals surface area (Å²) in [6, 6.07) is 7.20. The first-order valence-corrected chi connectivity index (χ1v) is 8.62. The zero-order valence-corrected chi connectivity index (χ0v) is 15.9. The lowest BCUT2D eigenvalue weighted by atomic mass is 10.1. The molecule has 0 saturated heterocycles. The molecule has 30 heavy (non-hydrogen) atoms. The van der Waals surface area contributed by atoms with E-state index in [0.717, 1.165) is 18.2 Å². The van der Waals surface area contributed by atoms with Crippen LogP contribution in [0, 0.1) is 5.82 Å². The Balaban J connectivity index is 1.94. The van der Waals surface area contributed by atoms with Crippen molar-refractivity contribution >= 4 is 35.1 Å². The Kier molecular flexibility index (Phi) is 6.28. The third-order valence-corrected chi connectivity index (χ3v) is 4.24. The van der Waals surface area contributed by atoms with E-state index in [1.54, 1.807) is 7.05 Å². The number of amides is 2. The van der Waals surface area contributed by atoms with Crippen molar-refractivity contribution in [3.63, 3.8) is 0 Å². The molecule has 1 aliphatic heterocycles. The molecule has 0 saturated carbocycles. The lowest BCUT2D eigenvalue weighted by molar-refractivity contribution is -0.0493. The average molecular weight is 443 g/mol. The van der Waals surface area contributed by atoms with Crippen LogP contribution >= 0.6 is 11.6 Å². The number of benzene rings is 2. The first-order valence-electron chi connectivity index (χ1n) is 8.24. The molecule has 13 heteroatoms. The van der Waals surface area contributed by atoms with E-state index >= 15 is 0 Å². The van der Waals surface area contributed by atoms with E-state index in [0.29, 0.717) is 0 Å². The number of guanidine groups is 1. The summed E-state index contributed by atoms with van der Waals surface area (Å²) in [7, 11) is 1.56. The molecule has 9 nitrogen and oxygen atoms in total. The number of halogens is 4. The maximum absolute atomic E-state index is 13.9. The SMILES string of the molecule is CN1NNN=C1NC(=O)c1ccc(OC(F)F)c(NC(=O)c2ccccc2F)c1Cl. The van der Waals surface area contributed by atoms with Crippen molar-refractivity contribution in [2.45, 2.75) is 6.61 Å². The Morgan fingerprint density at radius 2 is 1.83 bits per heavy atom. The maximum atomic E-state index is 13.9. The first-order chi connectivity index (χ1) is 14.3. The second-order valence-electron chi connectivity index (χ2n) is 5.78. The zero-order chi connectivity index (χ0) is 21.8. The first kappa shape index (κ1) is 21.2. The summed E-state index contributed by atoms with van der Waals surface area (Å²) in [6.07, 6.45) is 0. The quantitative estimate of drug-likeness (QED) is 0.566. The molecule has 1 aliphatic rings. The fourth-order valence-electron chi connectivity index (χ4n) is 2.43. The molecule has 0 fully saturated rings. The van der Waals surface area contributed by atoms with Gasteiger partial charge in [0.25, 0.3) is 11.8 Å². The molecular weight excluding hydrogens is 429 g/mol. The highest BCUT2D eigenvalue weighted by molar-refractivity contribution is 6.37. The fraction of sp³-hybridized carbons (Fsp3) is 0.118. The van der Waals surface area contributed by atoms with Crippen molar-refractivity contribution in [3.8, 4) is 5.75 Å². The molecule has 0 bridgehead atoms. The molecule has 2 amide bonds. The van der Waals surface area contributed by atoms with E-state index in [2.05, 4.69) is 31.5 Å². The second-order valence-corrected chi connectivity index (χ2v) is 6.16. The van der Waals surface area contributed by atoms with Gasteiger partial charge in [-0.25, -0.2) is 9.93 Å². The van der Waals surface area contributed by atoms with Crippen LogP contribution in [0.2, 0.25) is 5.02 Å². The van der Waals surface area contributed by atoms with Gasteiger partial charge in [-0.15, -0.1) is 10.6 Å². The van der Waals surface area contributed by atoms with Gasteiger partial charge in [0.05, 0.1) is 16.1 Å². The molecule has 1 heterocycles. The van der Waals surface area contributed by atoms with Gasteiger partial charge in [0.2, 0.25) is 5.96 Å². The summed E-state index contributed by atoms with van der Waals surface area (Å²) in [6.45, 7) is -3.23. The topological polar surface area (TPSA) is 107 Å². The third kappa shape index (κ3) is 4.55. The Bertz CT molecular complexity index is 1020. The number of anilines is 1. The number of ether oxygens (including phenoxy) is 1. The standard InChI is InChI=1S/C17H14ClF3N6O3/c1-27-17(24-25-26-27)23-15(29)9-6-7-11(30-16(20)21)13(12(9)18)22-14(28)8-4-2-3-5-10(8)19/h2-7,16,25-26H,1H3,(H,22,28)(H,23,24,29). The van der Waals surface area contributed by atoms with E-state index < -0.39 is 40.7 Å². The van der Waals surface area contributed by atoms with Gasteiger partial charge < -0.3 is 10.1 Å². The Labute approximate surface area is 172 Å². The van der Waals surface area contributed by atoms with Gasteiger partial charge in [-0.2, -0.15) is 8.78 Å². The number of rotatable bonds is 5. The smallest absolute Gasteiger partial charge is 0.387 e. The average Bonchev–Trinajstić information content (AvgIpc) is 3.09. The van der Waals surface area contributed by atoms with Crippen LogP contribution in [0.15, 0.2) is 41.5 Å². The number of hydrogen-bond acceptors (Lipinski definition) is 7. The number of hydrazine groups is 2. The zero-order valence-electron chi connectivity index (χ0n) is 15.2. The van der Waals surface area contributed by atoms with Crippen LogP contribution in [-0.2, 0) is 0 Å². The van der Waals surface area contributed by atoms with Crippen molar-refractivity contribution in [1.29, 1.82) is 0 Å². The van der Waals surface area contributed by atoms with Crippen molar-refractivity contribution in [2.75, 3.05) is 12.4 Å². The molecule has 2 aromatic rings. The van der Waals surface area contributed by atoms with Gasteiger partial charge in [0.15, 0.2) is 5.75 Å². The third-order valence-electron chi connectivity index (χ3n) is 3.84. The van der Waals surface area contributed by atoms with Crippen LogP contribution in [0.4, 0.5) is 18.9 Å². The molecule has 2 aromatic carbocycles. The monoisotopic (exact) mass is 442 g/mol. The lowest BCUT2D eigenvalue weighted by Gasteiger charge is -2.17. The lowest BCUT2D eigenvalue weighted by Crippen LogP contribution is -2.45. The highest BCUT2D eigenvalue weighted by atomic mass is 35.5. The number of carbonyl (C=O) groups is 2. The molecule has 0 aliphatic carbocycles. The molecule has 0 unspecified atom stereocenters. The van der Waals surface area contributed by atoms with Crippen molar-refractivity contribution in [3.05, 3.63) is 58.4 Å². The Hall–Kier alpha value is -3.51. The van der Waals surface area contributed by atoms with Gasteiger partial charge in [-0.05, 0) is 24.3 Å². The largest absolute Gasteiger partial charge is 0.433 e. The van der Waals surface area contributed by atoms with Crippen LogP contribution in [0.25, 0.3) is 0 Å². The summed E-state index contributed by atoms with van der Waals surface area (Å²) in [5.41, 5.74) is 4.02. The highest BCUT2D eigenvalue weighted by Gasteiger charge is 2.24. The number of nitrogens with one attached hydrogen (secondary N) is 4. The molecule has 3 rings (SSSR count). The number of hydrogen-bond donors (Lipinski definition) is 4. The number of nitrogens with zero attached hydrogens (tertiary/aromatic N) is 2. The number of alkyl halides is 2. The summed E-state index contributed by atoms with van der Waals surface area (Å²) < 4.78 is 43.8. The summed E-state index contributed by atoms with van der Waals surface area (Å²) in [5.74, 6) is -2.96. The van der Waals surface area contributed by atoms with Gasteiger partial charge in [-0.3, -0.25) is 19.9 Å². The minimum Gasteiger partial charge on any atom is -0.433 e. The van der Waals surface area contributed by atoms with Crippen LogP contribution < -0.4 is 26.4 Å².